The molecule has 1 saturated heterocycles. The molecule has 1 aliphatic heterocycles. The molecule has 1 unspecified atom stereocenters. The summed E-state index contributed by atoms with van der Waals surface area (Å²) >= 11 is 0. The van der Waals surface area contributed by atoms with Crippen molar-refractivity contribution >= 4 is 11.9 Å². The van der Waals surface area contributed by atoms with Crippen molar-refractivity contribution in [3.63, 3.8) is 0 Å². The average Bonchev–Trinajstić information content (AvgIpc) is 3.18. The second-order valence-corrected chi connectivity index (χ2v) is 6.49. The number of amides is 1. The van der Waals surface area contributed by atoms with Crippen LogP contribution in [0.4, 0.5) is 0 Å². The molecule has 1 amide bonds. The lowest BCUT2D eigenvalue weighted by molar-refractivity contribution is -0.144. The lowest BCUT2D eigenvalue weighted by atomic mass is 9.86. The first-order valence-corrected chi connectivity index (χ1v) is 8.79. The molecule has 2 aromatic rings. The molecule has 1 aromatic heterocycles. The molecule has 7 nitrogen and oxygen atoms in total. The van der Waals surface area contributed by atoms with Gasteiger partial charge in [-0.15, -0.1) is 0 Å². The van der Waals surface area contributed by atoms with E-state index in [9.17, 15) is 14.7 Å². The summed E-state index contributed by atoms with van der Waals surface area (Å²) in [4.78, 5) is 23.7. The average molecular weight is 357 g/mol. The Kier molecular flexibility index (Phi) is 6.01. The van der Waals surface area contributed by atoms with Crippen LogP contribution in [0.5, 0.6) is 0 Å². The lowest BCUT2D eigenvalue weighted by Crippen LogP contribution is -2.39. The topological polar surface area (TPSA) is 93.5 Å². The van der Waals surface area contributed by atoms with Crippen molar-refractivity contribution in [3.8, 4) is 5.69 Å². The number of aromatic nitrogens is 2. The van der Waals surface area contributed by atoms with E-state index in [-0.39, 0.29) is 24.8 Å². The summed E-state index contributed by atoms with van der Waals surface area (Å²) in [6, 6.07) is 9.40. The van der Waals surface area contributed by atoms with Gasteiger partial charge in [-0.05, 0) is 42.5 Å². The molecule has 0 bridgehead atoms. The number of carboxylic acid groups (broad SMARTS) is 1. The third-order valence-corrected chi connectivity index (χ3v) is 4.74. The Labute approximate surface area is 152 Å². The Morgan fingerprint density at radius 2 is 2.00 bits per heavy atom. The summed E-state index contributed by atoms with van der Waals surface area (Å²) in [7, 11) is 0. The summed E-state index contributed by atoms with van der Waals surface area (Å²) in [6.45, 7) is 1.33. The third kappa shape index (κ3) is 4.70. The number of ether oxygens (including phenoxy) is 1. The highest BCUT2D eigenvalue weighted by Gasteiger charge is 2.29. The van der Waals surface area contributed by atoms with Gasteiger partial charge in [0.05, 0.1) is 18.0 Å². The minimum atomic E-state index is -0.860. The number of rotatable bonds is 7. The largest absolute Gasteiger partial charge is 0.481 e. The van der Waals surface area contributed by atoms with Gasteiger partial charge in [0.1, 0.15) is 0 Å². The second kappa shape index (κ2) is 8.62. The fraction of sp³-hybridized carbons (Fsp3) is 0.421. The molecule has 2 heterocycles. The van der Waals surface area contributed by atoms with Crippen LogP contribution in [0.25, 0.3) is 5.69 Å². The van der Waals surface area contributed by atoms with E-state index in [0.717, 1.165) is 24.1 Å². The van der Waals surface area contributed by atoms with Crippen LogP contribution in [0.1, 0.15) is 18.4 Å². The molecule has 1 aromatic carbocycles. The molecule has 1 atom stereocenters. The summed E-state index contributed by atoms with van der Waals surface area (Å²) in [5.41, 5.74) is 1.79. The van der Waals surface area contributed by atoms with E-state index in [0.29, 0.717) is 13.2 Å². The molecule has 138 valence electrons. The Morgan fingerprint density at radius 3 is 2.62 bits per heavy atom. The van der Waals surface area contributed by atoms with Crippen molar-refractivity contribution in [2.24, 2.45) is 11.8 Å². The number of hydrogen-bond donors (Lipinski definition) is 2. The van der Waals surface area contributed by atoms with Gasteiger partial charge >= 0.3 is 5.97 Å². The van der Waals surface area contributed by atoms with Crippen LogP contribution in [0.2, 0.25) is 0 Å². The predicted molar refractivity (Wildman–Crippen MR) is 94.9 cm³/mol. The number of carbonyl (C=O) groups is 2. The van der Waals surface area contributed by atoms with Gasteiger partial charge in [-0.2, -0.15) is 5.10 Å². The van der Waals surface area contributed by atoms with Gasteiger partial charge in [-0.1, -0.05) is 12.1 Å². The SMILES string of the molecule is O=C(Cc1ccc(-n2cccn2)cc1)NCC(C(=O)O)C1CCOCC1. The minimum Gasteiger partial charge on any atom is -0.481 e. The van der Waals surface area contributed by atoms with Gasteiger partial charge in [-0.25, -0.2) is 4.68 Å². The number of benzene rings is 1. The maximum Gasteiger partial charge on any atom is 0.308 e. The molecule has 1 aliphatic rings. The number of nitrogens with zero attached hydrogens (tertiary/aromatic N) is 2. The molecular weight excluding hydrogens is 334 g/mol. The lowest BCUT2D eigenvalue weighted by Gasteiger charge is -2.27. The van der Waals surface area contributed by atoms with E-state index < -0.39 is 11.9 Å². The van der Waals surface area contributed by atoms with Crippen LogP contribution < -0.4 is 5.32 Å². The van der Waals surface area contributed by atoms with Crippen molar-refractivity contribution in [2.75, 3.05) is 19.8 Å². The van der Waals surface area contributed by atoms with E-state index in [1.165, 1.54) is 0 Å². The smallest absolute Gasteiger partial charge is 0.308 e. The monoisotopic (exact) mass is 357 g/mol. The van der Waals surface area contributed by atoms with Crippen LogP contribution in [-0.4, -0.2) is 46.5 Å². The van der Waals surface area contributed by atoms with Crippen LogP contribution >= 0.6 is 0 Å². The maximum absolute atomic E-state index is 12.2. The van der Waals surface area contributed by atoms with Gasteiger partial charge < -0.3 is 15.2 Å². The third-order valence-electron chi connectivity index (χ3n) is 4.74. The molecule has 3 rings (SSSR count). The van der Waals surface area contributed by atoms with Crippen LogP contribution in [0.15, 0.2) is 42.7 Å². The Balaban J connectivity index is 1.52. The number of carboxylic acids is 1. The molecular formula is C19H23N3O4. The summed E-state index contributed by atoms with van der Waals surface area (Å²) in [5.74, 6) is -1.55. The van der Waals surface area contributed by atoms with Crippen LogP contribution in [-0.2, 0) is 20.7 Å². The highest BCUT2D eigenvalue weighted by Crippen LogP contribution is 2.23. The van der Waals surface area contributed by atoms with Gasteiger partial charge in [0, 0.05) is 32.2 Å². The van der Waals surface area contributed by atoms with Crippen molar-refractivity contribution in [1.82, 2.24) is 15.1 Å². The summed E-state index contributed by atoms with van der Waals surface area (Å²) < 4.78 is 7.03. The zero-order chi connectivity index (χ0) is 18.4. The molecule has 0 saturated carbocycles. The quantitative estimate of drug-likeness (QED) is 0.786. The molecule has 0 spiro atoms. The standard InChI is InChI=1S/C19H23N3O4/c23-18(20-13-17(19(24)25)15-6-10-26-11-7-15)12-14-2-4-16(5-3-14)22-9-1-8-21-22/h1-5,8-9,15,17H,6-7,10-13H2,(H,20,23)(H,24,25). The van der Waals surface area contributed by atoms with Crippen molar-refractivity contribution in [2.45, 2.75) is 19.3 Å². The highest BCUT2D eigenvalue weighted by atomic mass is 16.5. The van der Waals surface area contributed by atoms with E-state index in [2.05, 4.69) is 10.4 Å². The van der Waals surface area contributed by atoms with Gasteiger partial charge in [0.2, 0.25) is 5.91 Å². The zero-order valence-corrected chi connectivity index (χ0v) is 14.5. The first-order chi connectivity index (χ1) is 12.6. The normalized spacial score (nSPS) is 16.2. The molecule has 2 N–H and O–H groups in total. The van der Waals surface area contributed by atoms with Crippen molar-refractivity contribution < 1.29 is 19.4 Å². The predicted octanol–water partition coefficient (Wildman–Crippen LogP) is 1.66. The molecule has 7 heteroatoms. The Hall–Kier alpha value is -2.67. The molecule has 0 aliphatic carbocycles. The van der Waals surface area contributed by atoms with E-state index >= 15 is 0 Å². The Morgan fingerprint density at radius 1 is 1.27 bits per heavy atom. The fourth-order valence-corrected chi connectivity index (χ4v) is 3.23. The van der Waals surface area contributed by atoms with E-state index in [1.807, 2.05) is 36.5 Å². The Bertz CT molecular complexity index is 722. The second-order valence-electron chi connectivity index (χ2n) is 6.49. The number of aliphatic carboxylic acids is 1. The van der Waals surface area contributed by atoms with Gasteiger partial charge in [-0.3, -0.25) is 9.59 Å². The van der Waals surface area contributed by atoms with Gasteiger partial charge in [0.25, 0.3) is 0 Å². The summed E-state index contributed by atoms with van der Waals surface area (Å²) in [6.07, 6.45) is 5.23. The van der Waals surface area contributed by atoms with Crippen molar-refractivity contribution in [3.05, 3.63) is 48.3 Å². The number of nitrogens with one attached hydrogen (secondary N) is 1. The first kappa shape index (κ1) is 18.1. The number of carbonyl (C=O) groups excluding carboxylic acids is 1. The molecule has 0 radical (unpaired) electrons. The molecule has 26 heavy (non-hydrogen) atoms. The van der Waals surface area contributed by atoms with Crippen molar-refractivity contribution in [1.29, 1.82) is 0 Å². The van der Waals surface area contributed by atoms with Gasteiger partial charge in [0.15, 0.2) is 0 Å². The van der Waals surface area contributed by atoms with E-state index in [4.69, 9.17) is 4.74 Å². The first-order valence-electron chi connectivity index (χ1n) is 8.79. The van der Waals surface area contributed by atoms with Crippen LogP contribution in [0.3, 0.4) is 0 Å². The van der Waals surface area contributed by atoms with Crippen LogP contribution in [0, 0.1) is 11.8 Å². The van der Waals surface area contributed by atoms with E-state index in [1.54, 1.807) is 10.9 Å². The minimum absolute atomic E-state index is 0.0508. The fourth-order valence-electron chi connectivity index (χ4n) is 3.23. The molecule has 1 fully saturated rings. The summed E-state index contributed by atoms with van der Waals surface area (Å²) in [5, 5.41) is 16.4. The maximum atomic E-state index is 12.2. The number of hydrogen-bond acceptors (Lipinski definition) is 4. The highest BCUT2D eigenvalue weighted by molar-refractivity contribution is 5.79. The zero-order valence-electron chi connectivity index (χ0n) is 14.5.